The quantitative estimate of drug-likeness (QED) is 0.555. The number of aliphatic carboxylic acids is 1. The number of amides is 1. The van der Waals surface area contributed by atoms with Gasteiger partial charge in [0.25, 0.3) is 0 Å². The summed E-state index contributed by atoms with van der Waals surface area (Å²) in [4.78, 5) is 24.8. The summed E-state index contributed by atoms with van der Waals surface area (Å²) in [5.74, 6) is -0.805. The molecule has 0 aliphatic heterocycles. The van der Waals surface area contributed by atoms with E-state index in [9.17, 15) is 14.0 Å². The summed E-state index contributed by atoms with van der Waals surface area (Å²) < 4.78 is 24.5. The molecule has 1 amide bonds. The number of carboxylic acids is 1. The summed E-state index contributed by atoms with van der Waals surface area (Å²) in [7, 11) is 0. The van der Waals surface area contributed by atoms with Crippen LogP contribution in [0.3, 0.4) is 0 Å². The summed E-state index contributed by atoms with van der Waals surface area (Å²) in [6.45, 7) is 0.466. The van der Waals surface area contributed by atoms with Crippen molar-refractivity contribution in [3.63, 3.8) is 0 Å². The fourth-order valence-corrected chi connectivity index (χ4v) is 3.68. The Hall–Kier alpha value is -0.411. The maximum absolute atomic E-state index is 13.7. The monoisotopic (exact) mass is 495 g/mol. The molecule has 3 rings (SSSR count). The third-order valence-corrected chi connectivity index (χ3v) is 5.25. The number of carbonyl (C=O) groups is 2. The fourth-order valence-electron chi connectivity index (χ4n) is 3.68. The predicted molar refractivity (Wildman–Crippen MR) is 122 cm³/mol. The zero-order chi connectivity index (χ0) is 21.3. The molecule has 1 fully saturated rings. The Balaban J connectivity index is 0.00000256. The number of carbonyl (C=O) groups excluding carboxylic acids is 1. The Morgan fingerprint density at radius 1 is 0.906 bits per heavy atom. The molecule has 1 saturated carbocycles. The first-order valence-electron chi connectivity index (χ1n) is 10.1. The smallest absolute Gasteiger partial charge is 0.480 e. The largest absolute Gasteiger partial charge is 2.00 e. The van der Waals surface area contributed by atoms with Crippen molar-refractivity contribution < 1.29 is 28.6 Å². The summed E-state index contributed by atoms with van der Waals surface area (Å²) in [5, 5.41) is 8.63. The molecule has 2 aromatic carbocycles. The number of para-hydroxylation sites is 1. The predicted octanol–water partition coefficient (Wildman–Crippen LogP) is 4.25. The molecule has 1 aliphatic carbocycles. The van der Waals surface area contributed by atoms with Crippen molar-refractivity contribution in [2.45, 2.75) is 25.7 Å². The first kappa shape index (κ1) is 29.6. The minimum atomic E-state index is -0.961. The second kappa shape index (κ2) is 15.5. The molecule has 0 radical (unpaired) electrons. The Morgan fingerprint density at radius 2 is 1.50 bits per heavy atom. The molecule has 0 spiro atoms. The number of halogens is 1. The van der Waals surface area contributed by atoms with Crippen LogP contribution in [0.2, 0.25) is 0 Å². The van der Waals surface area contributed by atoms with Crippen LogP contribution >= 0.6 is 0 Å². The Morgan fingerprint density at radius 3 is 2.09 bits per heavy atom. The van der Waals surface area contributed by atoms with Gasteiger partial charge in [-0.15, -0.1) is 0 Å². The van der Waals surface area contributed by atoms with Crippen LogP contribution in [0.1, 0.15) is 25.7 Å². The minimum Gasteiger partial charge on any atom is -0.480 e. The van der Waals surface area contributed by atoms with Gasteiger partial charge < -0.3 is 14.6 Å². The van der Waals surface area contributed by atoms with Crippen molar-refractivity contribution in [3.05, 3.63) is 60.4 Å². The van der Waals surface area contributed by atoms with Crippen LogP contribution in [-0.4, -0.2) is 112 Å². The maximum atomic E-state index is 13.7. The van der Waals surface area contributed by atoms with Crippen LogP contribution in [0.5, 0.6) is 0 Å². The third-order valence-electron chi connectivity index (χ3n) is 5.25. The summed E-state index contributed by atoms with van der Waals surface area (Å²) >= 11 is 0. The number of carboxylic acid groups (broad SMARTS) is 1. The Kier molecular flexibility index (Phi) is 14.3. The SMILES string of the molecule is O=C(O)COCC1CCC(COC(=O)N(c2ccccc2)c2cccc(F)c2)CC1.[Ca+2].[Ca+2]. The molecule has 1 N–H and O–H groups in total. The summed E-state index contributed by atoms with van der Waals surface area (Å²) in [6.07, 6.45) is 3.06. The van der Waals surface area contributed by atoms with E-state index < -0.39 is 17.9 Å². The molecule has 0 saturated heterocycles. The Bertz CT molecular complexity index is 847. The molecule has 2 aromatic rings. The molecule has 0 heterocycles. The summed E-state index contributed by atoms with van der Waals surface area (Å²) in [5.41, 5.74) is 1.01. The van der Waals surface area contributed by atoms with Crippen LogP contribution in [-0.2, 0) is 14.3 Å². The van der Waals surface area contributed by atoms with Crippen LogP contribution in [0.25, 0.3) is 0 Å². The van der Waals surface area contributed by atoms with Gasteiger partial charge >= 0.3 is 87.5 Å². The number of anilines is 2. The van der Waals surface area contributed by atoms with Gasteiger partial charge in [0.2, 0.25) is 0 Å². The van der Waals surface area contributed by atoms with Gasteiger partial charge in [-0.2, -0.15) is 0 Å². The Labute approximate surface area is 247 Å². The van der Waals surface area contributed by atoms with Crippen LogP contribution in [0.15, 0.2) is 54.6 Å². The summed E-state index contributed by atoms with van der Waals surface area (Å²) in [6, 6.07) is 14.9. The minimum absolute atomic E-state index is 0. The van der Waals surface area contributed by atoms with E-state index in [0.29, 0.717) is 30.5 Å². The van der Waals surface area contributed by atoms with Crippen molar-refractivity contribution in [2.24, 2.45) is 11.8 Å². The van der Waals surface area contributed by atoms with E-state index in [4.69, 9.17) is 14.6 Å². The molecule has 9 heteroatoms. The molecule has 32 heavy (non-hydrogen) atoms. The second-order valence-electron chi connectivity index (χ2n) is 7.52. The molecular formula is C23H26Ca2FNO5+4. The number of hydrogen-bond donors (Lipinski definition) is 1. The average Bonchev–Trinajstić information content (AvgIpc) is 2.74. The molecule has 0 bridgehead atoms. The first-order valence-corrected chi connectivity index (χ1v) is 10.1. The fraction of sp³-hybridized carbons (Fsp3) is 0.391. The van der Waals surface area contributed by atoms with Crippen molar-refractivity contribution >= 4 is 98.9 Å². The van der Waals surface area contributed by atoms with Crippen LogP contribution in [0.4, 0.5) is 20.6 Å². The molecular weight excluding hydrogens is 469 g/mol. The number of nitrogens with zero attached hydrogens (tertiary/aromatic N) is 1. The van der Waals surface area contributed by atoms with Gasteiger partial charge in [-0.05, 0) is 67.9 Å². The van der Waals surface area contributed by atoms with Crippen molar-refractivity contribution in [2.75, 3.05) is 24.7 Å². The van der Waals surface area contributed by atoms with E-state index in [1.54, 1.807) is 24.3 Å². The van der Waals surface area contributed by atoms with E-state index in [-0.39, 0.29) is 88.0 Å². The van der Waals surface area contributed by atoms with Gasteiger partial charge in [0.15, 0.2) is 0 Å². The van der Waals surface area contributed by atoms with Gasteiger partial charge in [-0.1, -0.05) is 24.3 Å². The molecule has 6 nitrogen and oxygen atoms in total. The van der Waals surface area contributed by atoms with E-state index in [0.717, 1.165) is 25.7 Å². The molecule has 1 aliphatic rings. The zero-order valence-corrected chi connectivity index (χ0v) is 22.5. The van der Waals surface area contributed by atoms with Gasteiger partial charge in [0.05, 0.1) is 24.6 Å². The van der Waals surface area contributed by atoms with E-state index in [1.165, 1.54) is 17.0 Å². The molecule has 0 aromatic heterocycles. The second-order valence-corrected chi connectivity index (χ2v) is 7.52. The number of benzene rings is 2. The third kappa shape index (κ3) is 9.45. The first-order chi connectivity index (χ1) is 14.5. The number of rotatable bonds is 8. The van der Waals surface area contributed by atoms with Gasteiger partial charge in [-0.3, -0.25) is 0 Å². The maximum Gasteiger partial charge on any atom is 2.00 e. The van der Waals surface area contributed by atoms with Crippen LogP contribution < -0.4 is 4.90 Å². The van der Waals surface area contributed by atoms with E-state index >= 15 is 0 Å². The number of ether oxygens (including phenoxy) is 2. The molecule has 0 unspecified atom stereocenters. The van der Waals surface area contributed by atoms with Gasteiger partial charge in [0, 0.05) is 0 Å². The molecule has 0 atom stereocenters. The van der Waals surface area contributed by atoms with Crippen molar-refractivity contribution in [1.29, 1.82) is 0 Å². The van der Waals surface area contributed by atoms with Crippen molar-refractivity contribution in [1.82, 2.24) is 0 Å². The zero-order valence-electron chi connectivity index (χ0n) is 18.1. The van der Waals surface area contributed by atoms with E-state index in [2.05, 4.69) is 0 Å². The average molecular weight is 496 g/mol. The van der Waals surface area contributed by atoms with Crippen LogP contribution in [0, 0.1) is 17.7 Å². The topological polar surface area (TPSA) is 76.1 Å². The van der Waals surface area contributed by atoms with Crippen molar-refractivity contribution in [3.8, 4) is 0 Å². The standard InChI is InChI=1S/C23H26FNO5.2Ca/c24-19-5-4-8-21(13-19)25(20-6-2-1-3-7-20)23(28)30-15-18-11-9-17(10-12-18)14-29-16-22(26)27;;/h1-8,13,17-18H,9-12,14-16H2,(H,26,27);;/q;2*+2. The van der Waals surface area contributed by atoms with Gasteiger partial charge in [0.1, 0.15) is 12.4 Å². The molecule has 160 valence electrons. The van der Waals surface area contributed by atoms with E-state index in [1.807, 2.05) is 18.2 Å². The van der Waals surface area contributed by atoms with Gasteiger partial charge in [-0.25, -0.2) is 18.9 Å². The normalized spacial score (nSPS) is 17.4. The number of hydrogen-bond acceptors (Lipinski definition) is 4.